The molecule has 0 fully saturated rings. The summed E-state index contributed by atoms with van der Waals surface area (Å²) >= 11 is 0. The number of hydrogen-bond acceptors (Lipinski definition) is 2. The van der Waals surface area contributed by atoms with Gasteiger partial charge < -0.3 is 9.80 Å². The van der Waals surface area contributed by atoms with Crippen molar-refractivity contribution in [1.82, 2.24) is 0 Å². The van der Waals surface area contributed by atoms with E-state index < -0.39 is 0 Å². The smallest absolute Gasteiger partial charge is 0.0462 e. The molecule has 0 N–H and O–H groups in total. The molecule has 4 atom stereocenters. The summed E-state index contributed by atoms with van der Waals surface area (Å²) in [7, 11) is -1.28. The minimum Gasteiger partial charge on any atom is -0.311 e. The molecule has 10 aromatic rings. The van der Waals surface area contributed by atoms with E-state index in [2.05, 4.69) is 265 Å². The van der Waals surface area contributed by atoms with Crippen molar-refractivity contribution >= 4 is 64.3 Å². The molecule has 4 aromatic heterocycles. The van der Waals surface area contributed by atoms with Crippen molar-refractivity contribution in [2.45, 2.75) is 83.1 Å². The van der Waals surface area contributed by atoms with Gasteiger partial charge in [0.2, 0.25) is 0 Å². The predicted octanol–water partition coefficient (Wildman–Crippen LogP) is 22.8. The second kappa shape index (κ2) is 20.3. The van der Waals surface area contributed by atoms with Gasteiger partial charge in [-0.05, 0) is 282 Å². The maximum atomic E-state index is 2.42. The van der Waals surface area contributed by atoms with Gasteiger partial charge in [-0.15, -0.1) is 30.1 Å². The van der Waals surface area contributed by atoms with E-state index in [9.17, 15) is 0 Å². The topological polar surface area (TPSA) is 6.48 Å². The third-order valence-corrected chi connectivity index (χ3v) is 27.8. The monoisotopic (exact) mass is 1040 g/mol. The molecule has 0 aliphatic rings. The lowest BCUT2D eigenvalue weighted by molar-refractivity contribution is 1.28. The molecule has 6 aromatic carbocycles. The van der Waals surface area contributed by atoms with Gasteiger partial charge in [0.05, 0.1) is 0 Å². The zero-order chi connectivity index (χ0) is 52.6. The van der Waals surface area contributed by atoms with Crippen LogP contribution in [0.5, 0.6) is 0 Å². The second-order valence-electron chi connectivity index (χ2n) is 20.9. The van der Waals surface area contributed by atoms with Crippen LogP contribution in [0.1, 0.15) is 65.7 Å². The zero-order valence-electron chi connectivity index (χ0n) is 46.5. The Kier molecular flexibility index (Phi) is 14.1. The van der Waals surface area contributed by atoms with Gasteiger partial charge in [0.25, 0.3) is 0 Å². The highest BCUT2D eigenvalue weighted by atomic mass is 31.1. The summed E-state index contributed by atoms with van der Waals surface area (Å²) in [6.45, 7) is 37.3. The number of hydrogen-bond donors (Lipinski definition) is 0. The average Bonchev–Trinajstić information content (AvgIpc) is 3.91. The summed E-state index contributed by atoms with van der Waals surface area (Å²) in [5.74, 6) is 0. The normalized spacial score (nSPS) is 12.5. The molecule has 0 aliphatic heterocycles. The predicted molar refractivity (Wildman–Crippen MR) is 335 cm³/mol. The lowest BCUT2D eigenvalue weighted by atomic mass is 10.0. The van der Waals surface area contributed by atoms with Gasteiger partial charge in [0.1, 0.15) is 0 Å². The van der Waals surface area contributed by atoms with E-state index in [1.54, 1.807) is 21.2 Å². The van der Waals surface area contributed by atoms with E-state index in [1.807, 2.05) is 0 Å². The fourth-order valence-electron chi connectivity index (χ4n) is 11.7. The van der Waals surface area contributed by atoms with Crippen molar-refractivity contribution in [1.29, 1.82) is 0 Å². The highest BCUT2D eigenvalue weighted by Gasteiger charge is 2.22. The molecule has 4 unspecified atom stereocenters. The molecule has 74 heavy (non-hydrogen) atoms. The third kappa shape index (κ3) is 8.81. The van der Waals surface area contributed by atoms with E-state index in [1.165, 1.54) is 99.1 Å². The molecular formula is C68H72N2P4. The molecule has 10 rings (SSSR count). The first kappa shape index (κ1) is 51.5. The van der Waals surface area contributed by atoms with Crippen molar-refractivity contribution in [3.8, 4) is 54.6 Å². The van der Waals surface area contributed by atoms with Crippen molar-refractivity contribution in [3.63, 3.8) is 0 Å². The summed E-state index contributed by atoms with van der Waals surface area (Å²) in [6, 6.07) is 55.7. The van der Waals surface area contributed by atoms with Crippen LogP contribution in [-0.4, -0.2) is 0 Å². The lowest BCUT2D eigenvalue weighted by Gasteiger charge is -2.27. The molecule has 6 heteroatoms. The quantitative estimate of drug-likeness (QED) is 0.127. The largest absolute Gasteiger partial charge is 0.311 e. The molecule has 2 nitrogen and oxygen atoms in total. The van der Waals surface area contributed by atoms with Crippen LogP contribution >= 0.6 is 30.1 Å². The maximum absolute atomic E-state index is 2.42. The van der Waals surface area contributed by atoms with Crippen molar-refractivity contribution < 1.29 is 0 Å². The Bertz CT molecular complexity index is 3170. The van der Waals surface area contributed by atoms with E-state index in [4.69, 9.17) is 0 Å². The van der Waals surface area contributed by atoms with E-state index >= 15 is 0 Å². The van der Waals surface area contributed by atoms with Gasteiger partial charge in [-0.25, -0.2) is 0 Å². The van der Waals surface area contributed by atoms with Crippen LogP contribution in [0, 0.1) is 83.1 Å². The molecule has 4 heterocycles. The molecule has 0 spiro atoms. The van der Waals surface area contributed by atoms with Gasteiger partial charge >= 0.3 is 0 Å². The van der Waals surface area contributed by atoms with Gasteiger partial charge in [-0.3, -0.25) is 0 Å². The van der Waals surface area contributed by atoms with Crippen LogP contribution in [0.15, 0.2) is 146 Å². The highest BCUT2D eigenvalue weighted by Crippen LogP contribution is 2.53. The summed E-state index contributed by atoms with van der Waals surface area (Å²) in [5, 5.41) is 12.2. The van der Waals surface area contributed by atoms with E-state index in [0.717, 1.165) is 34.1 Å². The molecule has 0 amide bonds. The standard InChI is InChI=1S/C68H72N2P4/c1-41-45(5)65(71(13)49(41)9)55-21-33-61(34-22-55)69(62-35-23-56(24-36-62)66-46(6)42(2)50(10)72(66)14)59-29-17-53(18-30-59)54-19-31-60(32-20-54)70(63-37-25-57(26-38-63)67-47(7)43(3)51(11)73(67)15)64-39-27-58(28-40-64)68-48(8)44(4)52(12)74(68)16/h17-40H,1-16H3. The Labute approximate surface area is 447 Å². The number of rotatable bonds is 11. The summed E-state index contributed by atoms with van der Waals surface area (Å²) in [6.07, 6.45) is 0. The van der Waals surface area contributed by atoms with Gasteiger partial charge in [0.15, 0.2) is 0 Å². The van der Waals surface area contributed by atoms with Crippen LogP contribution in [0.25, 0.3) is 54.6 Å². The number of anilines is 6. The first-order chi connectivity index (χ1) is 35.4. The Morgan fingerprint density at radius 1 is 0.203 bits per heavy atom. The Morgan fingerprint density at radius 2 is 0.351 bits per heavy atom. The summed E-state index contributed by atoms with van der Waals surface area (Å²) in [5.41, 5.74) is 26.2. The Hall–Kier alpha value is -5.96. The van der Waals surface area contributed by atoms with Crippen LogP contribution in [0.2, 0.25) is 0 Å². The minimum atomic E-state index is -0.320. The zero-order valence-corrected chi connectivity index (χ0v) is 50.1. The Morgan fingerprint density at radius 3 is 0.486 bits per heavy atom. The molecule has 374 valence electrons. The molecule has 0 saturated heterocycles. The first-order valence-electron chi connectivity index (χ1n) is 26.1. The number of nitrogens with zero attached hydrogens (tertiary/aromatic N) is 2. The molecule has 0 radical (unpaired) electrons. The average molecular weight is 1040 g/mol. The fourth-order valence-corrected chi connectivity index (χ4v) is 20.5. The molecule has 0 aliphatic carbocycles. The van der Waals surface area contributed by atoms with Crippen LogP contribution in [-0.2, 0) is 26.7 Å². The summed E-state index contributed by atoms with van der Waals surface area (Å²) < 4.78 is 0. The number of benzene rings is 6. The minimum absolute atomic E-state index is 0.320. The first-order valence-corrected chi connectivity index (χ1v) is 33.3. The van der Waals surface area contributed by atoms with Crippen molar-refractivity contribution in [3.05, 3.63) is 211 Å². The Balaban J connectivity index is 0.997. The van der Waals surface area contributed by atoms with Crippen LogP contribution < -0.4 is 9.80 Å². The summed E-state index contributed by atoms with van der Waals surface area (Å²) in [4.78, 5) is 4.84. The van der Waals surface area contributed by atoms with Crippen molar-refractivity contribution in [2.75, 3.05) is 9.80 Å². The van der Waals surface area contributed by atoms with Gasteiger partial charge in [0, 0.05) is 55.3 Å². The van der Waals surface area contributed by atoms with Gasteiger partial charge in [-0.1, -0.05) is 72.8 Å². The lowest BCUT2D eigenvalue weighted by Crippen LogP contribution is -2.10. The maximum Gasteiger partial charge on any atom is 0.0462 e. The van der Waals surface area contributed by atoms with Crippen molar-refractivity contribution in [2.24, 2.45) is 26.7 Å². The van der Waals surface area contributed by atoms with Gasteiger partial charge in [-0.2, -0.15) is 0 Å². The van der Waals surface area contributed by atoms with E-state index in [0.29, 0.717) is 0 Å². The third-order valence-electron chi connectivity index (χ3n) is 17.4. The molecule has 0 bridgehead atoms. The fraction of sp³-hybridized carbons (Fsp3) is 0.235. The molecular weight excluding hydrogens is 969 g/mol. The second-order valence-corrected chi connectivity index (χ2v) is 29.9. The van der Waals surface area contributed by atoms with E-state index in [-0.39, 0.29) is 30.1 Å². The highest BCUT2D eigenvalue weighted by molar-refractivity contribution is 7.53. The van der Waals surface area contributed by atoms with Crippen LogP contribution in [0.3, 0.4) is 0 Å². The molecule has 0 saturated carbocycles. The van der Waals surface area contributed by atoms with Crippen LogP contribution in [0.4, 0.5) is 34.1 Å². The SMILES string of the molecule is Cc1c(C)c(-c2ccc(N(c3ccc(-c4ccc(N(c5ccc(-c6c(C)c(C)c(C)p6C)cc5)c5ccc(-c6c(C)c(C)c(C)p6C)cc5)cc4)cc3)c3ccc(-c4c(C)c(C)c(C)p4C)cc3)cc2)p(C)c1C.